The Labute approximate surface area is 191 Å². The highest BCUT2D eigenvalue weighted by molar-refractivity contribution is 6.01. The van der Waals surface area contributed by atoms with Crippen molar-refractivity contribution in [2.45, 2.75) is 52.8 Å². The highest BCUT2D eigenvalue weighted by Gasteiger charge is 2.35. The molecule has 11 heteroatoms. The molecule has 1 aliphatic rings. The lowest BCUT2D eigenvalue weighted by Gasteiger charge is -2.24. The van der Waals surface area contributed by atoms with Crippen molar-refractivity contribution in [2.75, 3.05) is 18.4 Å². The molecule has 0 radical (unpaired) electrons. The first-order valence-corrected chi connectivity index (χ1v) is 11.0. The molecule has 176 valence electrons. The number of fused-ring (bicyclic) bond motifs is 1. The van der Waals surface area contributed by atoms with E-state index in [1.54, 1.807) is 21.8 Å². The Kier molecular flexibility index (Phi) is 5.73. The summed E-state index contributed by atoms with van der Waals surface area (Å²) in [5, 5.41) is 12.0. The van der Waals surface area contributed by atoms with Crippen LogP contribution in [0.3, 0.4) is 0 Å². The predicted octanol–water partition coefficient (Wildman–Crippen LogP) is 2.38. The van der Waals surface area contributed by atoms with Crippen molar-refractivity contribution in [3.05, 3.63) is 30.4 Å². The van der Waals surface area contributed by atoms with Gasteiger partial charge >= 0.3 is 6.09 Å². The van der Waals surface area contributed by atoms with E-state index in [1.807, 2.05) is 45.5 Å². The molecule has 3 aromatic rings. The molecule has 0 aliphatic carbocycles. The number of primary amides is 1. The van der Waals surface area contributed by atoms with Crippen LogP contribution >= 0.6 is 0 Å². The number of rotatable bonds is 5. The summed E-state index contributed by atoms with van der Waals surface area (Å²) in [5.74, 6) is -0.492. The average Bonchev–Trinajstić information content (AvgIpc) is 3.44. The summed E-state index contributed by atoms with van der Waals surface area (Å²) in [6.07, 6.45) is 6.51. The van der Waals surface area contributed by atoms with Gasteiger partial charge in [-0.05, 0) is 33.6 Å². The Morgan fingerprint density at radius 2 is 1.97 bits per heavy atom. The maximum Gasteiger partial charge on any atom is 0.410 e. The third kappa shape index (κ3) is 4.62. The van der Waals surface area contributed by atoms with E-state index in [9.17, 15) is 9.59 Å². The Bertz CT molecular complexity index is 1190. The fraction of sp³-hybridized carbons (Fsp3) is 0.500. The summed E-state index contributed by atoms with van der Waals surface area (Å²) in [7, 11) is 0. The number of imidazole rings is 1. The van der Waals surface area contributed by atoms with Crippen molar-refractivity contribution in [2.24, 2.45) is 11.7 Å². The molecule has 2 amide bonds. The quantitative estimate of drug-likeness (QED) is 0.605. The normalized spacial score (nSPS) is 18.6. The average molecular weight is 455 g/mol. The van der Waals surface area contributed by atoms with Gasteiger partial charge in [-0.2, -0.15) is 10.2 Å². The molecule has 11 nitrogen and oxygen atoms in total. The number of likely N-dealkylation sites (tertiary alicyclic amines) is 1. The van der Waals surface area contributed by atoms with E-state index >= 15 is 0 Å². The first-order valence-electron chi connectivity index (χ1n) is 11.0. The van der Waals surface area contributed by atoms with Gasteiger partial charge in [-0.3, -0.25) is 9.48 Å². The number of nitrogens with one attached hydrogen (secondary N) is 1. The molecular formula is C22H30N8O3. The predicted molar refractivity (Wildman–Crippen MR) is 123 cm³/mol. The Hall–Kier alpha value is -3.63. The van der Waals surface area contributed by atoms with Crippen LogP contribution in [-0.4, -0.2) is 66.0 Å². The molecule has 2 atom stereocenters. The molecule has 0 aromatic carbocycles. The van der Waals surface area contributed by atoms with Crippen LogP contribution < -0.4 is 11.1 Å². The molecule has 1 aliphatic heterocycles. The van der Waals surface area contributed by atoms with Gasteiger partial charge in [0.25, 0.3) is 5.91 Å². The number of amides is 2. The fourth-order valence-corrected chi connectivity index (χ4v) is 3.89. The smallest absolute Gasteiger partial charge is 0.410 e. The van der Waals surface area contributed by atoms with Crippen molar-refractivity contribution in [1.82, 2.24) is 29.3 Å². The van der Waals surface area contributed by atoms with Gasteiger partial charge in [0, 0.05) is 37.4 Å². The van der Waals surface area contributed by atoms with E-state index < -0.39 is 11.5 Å². The summed E-state index contributed by atoms with van der Waals surface area (Å²) in [6, 6.07) is -0.121. The van der Waals surface area contributed by atoms with E-state index in [0.717, 1.165) is 12.1 Å². The molecule has 3 aromatic heterocycles. The van der Waals surface area contributed by atoms with Crippen LogP contribution in [0.1, 0.15) is 45.0 Å². The number of nitrogens with two attached hydrogens (primary N) is 1. The van der Waals surface area contributed by atoms with Crippen LogP contribution in [0.5, 0.6) is 0 Å². The minimum Gasteiger partial charge on any atom is -0.444 e. The minimum absolute atomic E-state index is 0.115. The second kappa shape index (κ2) is 8.38. The summed E-state index contributed by atoms with van der Waals surface area (Å²) in [5.41, 5.74) is 7.82. The Morgan fingerprint density at radius 1 is 1.21 bits per heavy atom. The second-order valence-electron chi connectivity index (χ2n) is 9.39. The van der Waals surface area contributed by atoms with Gasteiger partial charge in [-0.25, -0.2) is 14.3 Å². The maximum absolute atomic E-state index is 12.5. The number of ether oxygens (including phenoxy) is 1. The van der Waals surface area contributed by atoms with Gasteiger partial charge in [-0.15, -0.1) is 0 Å². The third-order valence-electron chi connectivity index (χ3n) is 5.60. The zero-order valence-electron chi connectivity index (χ0n) is 19.6. The van der Waals surface area contributed by atoms with Crippen molar-refractivity contribution in [1.29, 1.82) is 0 Å². The molecule has 3 N–H and O–H groups in total. The lowest BCUT2D eigenvalue weighted by Crippen LogP contribution is -2.36. The van der Waals surface area contributed by atoms with E-state index in [1.165, 1.54) is 6.20 Å². The fourth-order valence-electron chi connectivity index (χ4n) is 3.89. The number of carbonyl (C=O) groups is 2. The second-order valence-corrected chi connectivity index (χ2v) is 9.39. The van der Waals surface area contributed by atoms with Gasteiger partial charge in [0.05, 0.1) is 35.5 Å². The van der Waals surface area contributed by atoms with Crippen LogP contribution in [0, 0.1) is 5.92 Å². The summed E-state index contributed by atoms with van der Waals surface area (Å²) >= 11 is 0. The van der Waals surface area contributed by atoms with Crippen LogP contribution in [-0.2, 0) is 11.3 Å². The molecule has 4 rings (SSSR count). The van der Waals surface area contributed by atoms with E-state index in [-0.39, 0.29) is 23.6 Å². The lowest BCUT2D eigenvalue weighted by molar-refractivity contribution is 0.0288. The van der Waals surface area contributed by atoms with Gasteiger partial charge in [-0.1, -0.05) is 6.92 Å². The SMILES string of the molecule is CCn1cc(-c2cn3ncc(C(N)=O)c(NC4CN(C(=O)OC(C)(C)C)CC4C)c3n2)cn1. The van der Waals surface area contributed by atoms with Crippen molar-refractivity contribution < 1.29 is 14.3 Å². The number of hydrogen-bond donors (Lipinski definition) is 2. The first kappa shape index (κ1) is 22.6. The third-order valence-corrected chi connectivity index (χ3v) is 5.60. The molecule has 0 spiro atoms. The highest BCUT2D eigenvalue weighted by atomic mass is 16.6. The molecule has 1 fully saturated rings. The molecular weight excluding hydrogens is 424 g/mol. The highest BCUT2D eigenvalue weighted by Crippen LogP contribution is 2.29. The van der Waals surface area contributed by atoms with Gasteiger partial charge in [0.2, 0.25) is 0 Å². The number of anilines is 1. The zero-order chi connectivity index (χ0) is 23.9. The molecule has 0 saturated carbocycles. The monoisotopic (exact) mass is 454 g/mol. The zero-order valence-corrected chi connectivity index (χ0v) is 19.6. The van der Waals surface area contributed by atoms with Gasteiger partial charge in [0.1, 0.15) is 5.60 Å². The van der Waals surface area contributed by atoms with E-state index in [4.69, 9.17) is 15.5 Å². The minimum atomic E-state index is -0.606. The number of hydrogen-bond acceptors (Lipinski definition) is 7. The van der Waals surface area contributed by atoms with Crippen molar-refractivity contribution in [3.63, 3.8) is 0 Å². The number of carbonyl (C=O) groups excluding carboxylic acids is 2. The molecule has 2 unspecified atom stereocenters. The first-order chi connectivity index (χ1) is 15.6. The summed E-state index contributed by atoms with van der Waals surface area (Å²) < 4.78 is 8.94. The number of aromatic nitrogens is 5. The van der Waals surface area contributed by atoms with Crippen LogP contribution in [0.2, 0.25) is 0 Å². The van der Waals surface area contributed by atoms with Gasteiger partial charge < -0.3 is 20.7 Å². The molecule has 4 heterocycles. The topological polar surface area (TPSA) is 133 Å². The molecule has 1 saturated heterocycles. The molecule has 33 heavy (non-hydrogen) atoms. The number of aryl methyl sites for hydroxylation is 1. The van der Waals surface area contributed by atoms with Crippen LogP contribution in [0.4, 0.5) is 10.5 Å². The summed E-state index contributed by atoms with van der Waals surface area (Å²) in [6.45, 7) is 11.3. The summed E-state index contributed by atoms with van der Waals surface area (Å²) in [4.78, 5) is 31.1. The standard InChI is InChI=1S/C22H30N8O3/c1-6-29-10-14(7-24-29)17-12-30-20(27-17)18(15(8-25-30)19(23)31)26-16-11-28(9-13(16)2)21(32)33-22(3,4)5/h7-8,10,12-13,16,26H,6,9,11H2,1-5H3,(H2,23,31). The van der Waals surface area contributed by atoms with E-state index in [0.29, 0.717) is 30.1 Å². The largest absolute Gasteiger partial charge is 0.444 e. The van der Waals surface area contributed by atoms with Crippen LogP contribution in [0.25, 0.3) is 16.9 Å². The van der Waals surface area contributed by atoms with Crippen molar-refractivity contribution in [3.8, 4) is 11.3 Å². The Morgan fingerprint density at radius 3 is 2.61 bits per heavy atom. The van der Waals surface area contributed by atoms with Crippen LogP contribution in [0.15, 0.2) is 24.8 Å². The van der Waals surface area contributed by atoms with E-state index in [2.05, 4.69) is 15.5 Å². The van der Waals surface area contributed by atoms with Crippen molar-refractivity contribution >= 4 is 23.3 Å². The number of nitrogens with zero attached hydrogens (tertiary/aromatic N) is 6. The molecule has 0 bridgehead atoms. The lowest BCUT2D eigenvalue weighted by atomic mass is 10.1. The van der Waals surface area contributed by atoms with Gasteiger partial charge in [0.15, 0.2) is 5.65 Å². The Balaban J connectivity index is 1.65. The maximum atomic E-state index is 12.5.